The highest BCUT2D eigenvalue weighted by molar-refractivity contribution is 5.47. The van der Waals surface area contributed by atoms with E-state index in [1.165, 1.54) is 0 Å². The van der Waals surface area contributed by atoms with Gasteiger partial charge in [0, 0.05) is 27.1 Å². The molecule has 0 N–H and O–H groups in total. The smallest absolute Gasteiger partial charge is 0.161 e. The van der Waals surface area contributed by atoms with E-state index in [-0.39, 0.29) is 0 Å². The normalized spacial score (nSPS) is 18.8. The first-order valence-corrected chi connectivity index (χ1v) is 6.40. The van der Waals surface area contributed by atoms with Gasteiger partial charge in [0.25, 0.3) is 0 Å². The quantitative estimate of drug-likeness (QED) is 0.828. The maximum Gasteiger partial charge on any atom is 0.161 e. The molecular formula is C16H20O4. The van der Waals surface area contributed by atoms with E-state index >= 15 is 0 Å². The van der Waals surface area contributed by atoms with Crippen LogP contribution in [0.15, 0.2) is 18.2 Å². The molecule has 2 rings (SSSR count). The summed E-state index contributed by atoms with van der Waals surface area (Å²) < 4.78 is 21.6. The Kier molecular flexibility index (Phi) is 4.89. The summed E-state index contributed by atoms with van der Waals surface area (Å²) in [6.07, 6.45) is 7.49. The van der Waals surface area contributed by atoms with Crippen LogP contribution < -0.4 is 9.47 Å². The molecule has 0 bridgehead atoms. The van der Waals surface area contributed by atoms with Gasteiger partial charge in [-0.15, -0.1) is 0 Å². The Hall–Kier alpha value is -1.26. The van der Waals surface area contributed by atoms with Crippen LogP contribution in [0.3, 0.4) is 0 Å². The van der Waals surface area contributed by atoms with Gasteiger partial charge < -0.3 is 18.9 Å². The largest absolute Gasteiger partial charge is 0.493 e. The Morgan fingerprint density at radius 1 is 0.950 bits per heavy atom. The lowest BCUT2D eigenvalue weighted by molar-refractivity contribution is 0.00536. The number of hydrogen-bond donors (Lipinski definition) is 0. The molecule has 20 heavy (non-hydrogen) atoms. The highest BCUT2D eigenvalue weighted by atomic mass is 16.5. The number of rotatable bonds is 5. The lowest BCUT2D eigenvalue weighted by Crippen LogP contribution is -2.35. The predicted octanol–water partition coefficient (Wildman–Crippen LogP) is 2.74. The lowest BCUT2D eigenvalue weighted by atomic mass is 9.78. The maximum atomic E-state index is 5.75. The van der Waals surface area contributed by atoms with Crippen LogP contribution in [0, 0.1) is 25.4 Å². The molecule has 0 aromatic heterocycles. The van der Waals surface area contributed by atoms with Crippen LogP contribution in [0.5, 0.6) is 11.5 Å². The van der Waals surface area contributed by atoms with E-state index in [0.29, 0.717) is 17.9 Å². The highest BCUT2D eigenvalue weighted by Crippen LogP contribution is 2.43. The number of hydrogen-bond acceptors (Lipinski definition) is 4. The van der Waals surface area contributed by atoms with Crippen molar-refractivity contribution in [1.82, 2.24) is 0 Å². The molecule has 0 spiro atoms. The van der Waals surface area contributed by atoms with E-state index in [1.54, 1.807) is 28.4 Å². The van der Waals surface area contributed by atoms with Crippen LogP contribution in [0.2, 0.25) is 0 Å². The van der Waals surface area contributed by atoms with E-state index in [4.69, 9.17) is 18.9 Å². The second-order valence-corrected chi connectivity index (χ2v) is 4.51. The van der Waals surface area contributed by atoms with Gasteiger partial charge >= 0.3 is 0 Å². The summed E-state index contributed by atoms with van der Waals surface area (Å²) in [6, 6.07) is 5.82. The molecular weight excluding hydrogens is 256 g/mol. The van der Waals surface area contributed by atoms with Crippen molar-refractivity contribution in [3.05, 3.63) is 49.1 Å². The minimum absolute atomic E-state index is 0.498. The van der Waals surface area contributed by atoms with E-state index in [0.717, 1.165) is 11.7 Å². The minimum atomic E-state index is -0.498. The molecule has 1 atom stereocenters. The van der Waals surface area contributed by atoms with E-state index in [2.05, 4.69) is 0 Å². The van der Waals surface area contributed by atoms with Crippen LogP contribution in [0.4, 0.5) is 0 Å². The van der Waals surface area contributed by atoms with Crippen LogP contribution >= 0.6 is 0 Å². The van der Waals surface area contributed by atoms with Crippen molar-refractivity contribution in [3.8, 4) is 11.5 Å². The summed E-state index contributed by atoms with van der Waals surface area (Å²) in [6.45, 7) is 0. The third-order valence-corrected chi connectivity index (χ3v) is 3.60. The molecule has 1 aromatic rings. The van der Waals surface area contributed by atoms with Crippen LogP contribution in [0.1, 0.15) is 12.0 Å². The summed E-state index contributed by atoms with van der Waals surface area (Å²) in [7, 11) is 6.61. The first-order chi connectivity index (χ1) is 9.69. The van der Waals surface area contributed by atoms with Gasteiger partial charge in [0.2, 0.25) is 0 Å². The van der Waals surface area contributed by atoms with E-state index in [1.807, 2.05) is 37.5 Å². The molecule has 4 nitrogen and oxygen atoms in total. The molecule has 1 unspecified atom stereocenters. The molecule has 0 saturated heterocycles. The van der Waals surface area contributed by atoms with Gasteiger partial charge in [-0.05, 0) is 30.5 Å². The molecule has 0 amide bonds. The summed E-state index contributed by atoms with van der Waals surface area (Å²) in [4.78, 5) is 0. The first kappa shape index (κ1) is 15.1. The molecule has 0 heterocycles. The fraction of sp³-hybridized carbons (Fsp3) is 0.375. The van der Waals surface area contributed by atoms with Gasteiger partial charge in [-0.25, -0.2) is 0 Å². The van der Waals surface area contributed by atoms with E-state index in [9.17, 15) is 0 Å². The maximum absolute atomic E-state index is 5.75. The standard InChI is InChI=1S/C16H20O4/c1-17-13-7-9-16(20-4,10-8-13)12-5-6-14(18-2)15(11-12)19-3/h5-9,11H,10H2,1-4H3. The van der Waals surface area contributed by atoms with Crippen molar-refractivity contribution in [1.29, 1.82) is 0 Å². The van der Waals surface area contributed by atoms with Crippen molar-refractivity contribution in [2.24, 2.45) is 0 Å². The molecule has 1 aliphatic carbocycles. The van der Waals surface area contributed by atoms with Crippen LogP contribution in [-0.2, 0) is 15.1 Å². The first-order valence-electron chi connectivity index (χ1n) is 6.40. The third-order valence-electron chi connectivity index (χ3n) is 3.60. The molecule has 4 heteroatoms. The summed E-state index contributed by atoms with van der Waals surface area (Å²) in [5.41, 5.74) is 0.516. The predicted molar refractivity (Wildman–Crippen MR) is 76.0 cm³/mol. The molecule has 108 valence electrons. The zero-order valence-electron chi connectivity index (χ0n) is 12.3. The fourth-order valence-electron chi connectivity index (χ4n) is 2.34. The Balaban J connectivity index is 2.28. The molecule has 1 aromatic carbocycles. The Morgan fingerprint density at radius 3 is 2.20 bits per heavy atom. The second-order valence-electron chi connectivity index (χ2n) is 4.51. The zero-order valence-corrected chi connectivity index (χ0v) is 12.3. The Bertz CT molecular complexity index is 436. The average molecular weight is 276 g/mol. The van der Waals surface area contributed by atoms with Crippen molar-refractivity contribution >= 4 is 0 Å². The number of ether oxygens (including phenoxy) is 4. The van der Waals surface area contributed by atoms with Gasteiger partial charge in [0.05, 0.1) is 19.8 Å². The van der Waals surface area contributed by atoms with Gasteiger partial charge in [-0.3, -0.25) is 0 Å². The zero-order chi connectivity index (χ0) is 14.6. The molecule has 1 aliphatic rings. The topological polar surface area (TPSA) is 36.9 Å². The number of benzene rings is 1. The monoisotopic (exact) mass is 276 g/mol. The molecule has 1 saturated carbocycles. The lowest BCUT2D eigenvalue weighted by Gasteiger charge is -2.38. The van der Waals surface area contributed by atoms with Gasteiger partial charge in [0.15, 0.2) is 11.5 Å². The summed E-state index contributed by atoms with van der Waals surface area (Å²) in [5, 5.41) is 0. The van der Waals surface area contributed by atoms with Crippen molar-refractivity contribution in [2.75, 3.05) is 28.4 Å². The number of methoxy groups -OCH3 is 4. The molecule has 4 radical (unpaired) electrons. The van der Waals surface area contributed by atoms with Crippen molar-refractivity contribution in [2.45, 2.75) is 12.0 Å². The average Bonchev–Trinajstić information content (AvgIpc) is 2.54. The Morgan fingerprint density at radius 2 is 1.70 bits per heavy atom. The highest BCUT2D eigenvalue weighted by Gasteiger charge is 2.38. The Labute approximate surface area is 121 Å². The van der Waals surface area contributed by atoms with Crippen molar-refractivity contribution in [3.63, 3.8) is 0 Å². The fourth-order valence-corrected chi connectivity index (χ4v) is 2.34. The van der Waals surface area contributed by atoms with Gasteiger partial charge in [0.1, 0.15) is 6.10 Å². The molecule has 0 aliphatic heterocycles. The van der Waals surface area contributed by atoms with Gasteiger partial charge in [-0.1, -0.05) is 6.07 Å². The SMILES string of the molecule is CO[C]1[CH][CH]C(OC)(c2ccc(OC)c(OC)c2)C[CH]1. The van der Waals surface area contributed by atoms with E-state index < -0.39 is 5.60 Å². The van der Waals surface area contributed by atoms with Gasteiger partial charge in [-0.2, -0.15) is 0 Å². The third kappa shape index (κ3) is 2.76. The summed E-state index contributed by atoms with van der Waals surface area (Å²) in [5.74, 6) is 1.40. The minimum Gasteiger partial charge on any atom is -0.493 e. The second kappa shape index (κ2) is 6.46. The van der Waals surface area contributed by atoms with Crippen LogP contribution in [0.25, 0.3) is 0 Å². The molecule has 1 fully saturated rings. The summed E-state index contributed by atoms with van der Waals surface area (Å²) >= 11 is 0. The van der Waals surface area contributed by atoms with Crippen molar-refractivity contribution < 1.29 is 18.9 Å². The van der Waals surface area contributed by atoms with Crippen LogP contribution in [-0.4, -0.2) is 28.4 Å².